The van der Waals surface area contributed by atoms with Gasteiger partial charge in [0, 0.05) is 17.9 Å². The molecule has 0 saturated heterocycles. The predicted octanol–water partition coefficient (Wildman–Crippen LogP) is 2.83. The zero-order valence-electron chi connectivity index (χ0n) is 11.1. The predicted molar refractivity (Wildman–Crippen MR) is 76.1 cm³/mol. The molecule has 0 fully saturated rings. The van der Waals surface area contributed by atoms with Crippen molar-refractivity contribution in [1.29, 1.82) is 0 Å². The van der Waals surface area contributed by atoms with Crippen LogP contribution >= 0.6 is 11.8 Å². The van der Waals surface area contributed by atoms with Crippen molar-refractivity contribution in [1.82, 2.24) is 15.5 Å². The molecule has 104 valence electrons. The molecule has 0 saturated carbocycles. The van der Waals surface area contributed by atoms with Crippen LogP contribution in [0.5, 0.6) is 0 Å². The molecular formula is C14H14FN3OS. The number of hydrogen-bond acceptors (Lipinski definition) is 4. The second-order valence-corrected chi connectivity index (χ2v) is 5.48. The molecule has 4 nitrogen and oxygen atoms in total. The number of amides is 1. The summed E-state index contributed by atoms with van der Waals surface area (Å²) >= 11 is 1.39. The molecule has 0 aliphatic heterocycles. The van der Waals surface area contributed by atoms with Gasteiger partial charge in [0.25, 0.3) is 5.91 Å². The number of thioether (sulfide) groups is 1. The van der Waals surface area contributed by atoms with Crippen LogP contribution in [0.4, 0.5) is 4.39 Å². The first kappa shape index (κ1) is 14.5. The van der Waals surface area contributed by atoms with Crippen molar-refractivity contribution >= 4 is 17.7 Å². The molecule has 2 rings (SSSR count). The summed E-state index contributed by atoms with van der Waals surface area (Å²) in [4.78, 5) is 11.3. The van der Waals surface area contributed by atoms with Crippen LogP contribution in [0.25, 0.3) is 0 Å². The van der Waals surface area contributed by atoms with Crippen LogP contribution in [0.1, 0.15) is 28.2 Å². The van der Waals surface area contributed by atoms with Gasteiger partial charge in [-0.3, -0.25) is 4.79 Å². The number of carbonyl (C=O) groups excluding carboxylic acids is 1. The van der Waals surface area contributed by atoms with Gasteiger partial charge in [-0.25, -0.2) is 4.39 Å². The Morgan fingerprint density at radius 2 is 2.00 bits per heavy atom. The highest BCUT2D eigenvalue weighted by Gasteiger charge is 2.13. The average Bonchev–Trinajstić information content (AvgIpc) is 2.47. The van der Waals surface area contributed by atoms with Gasteiger partial charge in [0.05, 0.1) is 0 Å². The highest BCUT2D eigenvalue weighted by Crippen LogP contribution is 2.34. The van der Waals surface area contributed by atoms with E-state index < -0.39 is 0 Å². The van der Waals surface area contributed by atoms with Gasteiger partial charge < -0.3 is 5.32 Å². The molecule has 1 atom stereocenters. The van der Waals surface area contributed by atoms with E-state index >= 15 is 0 Å². The summed E-state index contributed by atoms with van der Waals surface area (Å²) in [5.41, 5.74) is 0.880. The summed E-state index contributed by atoms with van der Waals surface area (Å²) in [6, 6.07) is 9.96. The fourth-order valence-corrected chi connectivity index (χ4v) is 2.60. The summed E-state index contributed by atoms with van der Waals surface area (Å²) in [5, 5.41) is 10.9. The standard InChI is InChI=1S/C14H14FN3OS/c1-9(10-5-3-4-6-11(10)15)20-13-8-7-12(17-18-13)14(19)16-2/h3-9H,1-2H3,(H,16,19). The lowest BCUT2D eigenvalue weighted by molar-refractivity contribution is 0.0957. The van der Waals surface area contributed by atoms with Crippen molar-refractivity contribution in [3.8, 4) is 0 Å². The van der Waals surface area contributed by atoms with Gasteiger partial charge in [0.2, 0.25) is 0 Å². The smallest absolute Gasteiger partial charge is 0.271 e. The molecule has 6 heteroatoms. The third kappa shape index (κ3) is 3.33. The molecule has 0 aliphatic rings. The number of nitrogens with zero attached hydrogens (tertiary/aromatic N) is 2. The summed E-state index contributed by atoms with van der Waals surface area (Å²) in [6.45, 7) is 1.90. The van der Waals surface area contributed by atoms with E-state index in [1.54, 1.807) is 30.3 Å². The molecule has 0 bridgehead atoms. The van der Waals surface area contributed by atoms with Crippen molar-refractivity contribution in [3.63, 3.8) is 0 Å². The number of carbonyl (C=O) groups is 1. The van der Waals surface area contributed by atoms with Crippen molar-refractivity contribution in [3.05, 3.63) is 53.5 Å². The molecule has 20 heavy (non-hydrogen) atoms. The zero-order valence-corrected chi connectivity index (χ0v) is 11.9. The first-order valence-electron chi connectivity index (χ1n) is 6.08. The minimum atomic E-state index is -0.281. The van der Waals surface area contributed by atoms with Gasteiger partial charge >= 0.3 is 0 Å². The Hall–Kier alpha value is -1.95. The molecule has 0 spiro atoms. The maximum absolute atomic E-state index is 13.7. The Morgan fingerprint density at radius 3 is 2.60 bits per heavy atom. The van der Waals surface area contributed by atoms with Crippen molar-refractivity contribution in [2.75, 3.05) is 7.05 Å². The van der Waals surface area contributed by atoms with E-state index in [4.69, 9.17) is 0 Å². The Labute approximate surface area is 120 Å². The van der Waals surface area contributed by atoms with Gasteiger partial charge in [-0.15, -0.1) is 10.2 Å². The SMILES string of the molecule is CNC(=O)c1ccc(SC(C)c2ccccc2F)nn1. The third-order valence-electron chi connectivity index (χ3n) is 2.74. The lowest BCUT2D eigenvalue weighted by atomic mass is 10.1. The molecule has 1 N–H and O–H groups in total. The fourth-order valence-electron chi connectivity index (χ4n) is 1.68. The topological polar surface area (TPSA) is 54.9 Å². The molecular weight excluding hydrogens is 277 g/mol. The Morgan fingerprint density at radius 1 is 1.25 bits per heavy atom. The van der Waals surface area contributed by atoms with Crippen LogP contribution in [0.3, 0.4) is 0 Å². The van der Waals surface area contributed by atoms with Crippen LogP contribution in [0.15, 0.2) is 41.4 Å². The van der Waals surface area contributed by atoms with E-state index in [9.17, 15) is 9.18 Å². The number of rotatable bonds is 4. The van der Waals surface area contributed by atoms with Crippen molar-refractivity contribution < 1.29 is 9.18 Å². The van der Waals surface area contributed by atoms with Crippen LogP contribution in [0, 0.1) is 5.82 Å². The molecule has 0 radical (unpaired) electrons. The lowest BCUT2D eigenvalue weighted by Crippen LogP contribution is -2.19. The zero-order chi connectivity index (χ0) is 14.5. The highest BCUT2D eigenvalue weighted by atomic mass is 32.2. The maximum atomic E-state index is 13.7. The molecule has 1 heterocycles. The minimum Gasteiger partial charge on any atom is -0.354 e. The Balaban J connectivity index is 2.10. The van der Waals surface area contributed by atoms with Gasteiger partial charge in [-0.2, -0.15) is 0 Å². The second-order valence-electron chi connectivity index (χ2n) is 4.12. The van der Waals surface area contributed by atoms with Gasteiger partial charge in [-0.05, 0) is 25.1 Å². The largest absolute Gasteiger partial charge is 0.354 e. The number of nitrogens with one attached hydrogen (secondary N) is 1. The summed E-state index contributed by atoms with van der Waals surface area (Å²) in [5.74, 6) is -0.515. The van der Waals surface area contributed by atoms with E-state index in [2.05, 4.69) is 15.5 Å². The average molecular weight is 291 g/mol. The van der Waals surface area contributed by atoms with E-state index in [0.717, 1.165) is 0 Å². The number of hydrogen-bond donors (Lipinski definition) is 1. The van der Waals surface area contributed by atoms with Gasteiger partial charge in [0.1, 0.15) is 10.8 Å². The Kier molecular flexibility index (Phi) is 4.68. The van der Waals surface area contributed by atoms with Crippen LogP contribution < -0.4 is 5.32 Å². The van der Waals surface area contributed by atoms with E-state index in [1.807, 2.05) is 6.92 Å². The van der Waals surface area contributed by atoms with Crippen LogP contribution in [0.2, 0.25) is 0 Å². The monoisotopic (exact) mass is 291 g/mol. The van der Waals surface area contributed by atoms with Crippen LogP contribution in [-0.4, -0.2) is 23.2 Å². The Bertz CT molecular complexity index is 604. The van der Waals surface area contributed by atoms with Crippen LogP contribution in [-0.2, 0) is 0 Å². The number of aromatic nitrogens is 2. The summed E-state index contributed by atoms with van der Waals surface area (Å²) in [7, 11) is 1.53. The molecule has 0 aliphatic carbocycles. The minimum absolute atomic E-state index is 0.0867. The quantitative estimate of drug-likeness (QED) is 0.880. The third-order valence-corrected chi connectivity index (χ3v) is 3.81. The van der Waals surface area contributed by atoms with E-state index in [1.165, 1.54) is 24.9 Å². The molecule has 1 aromatic heterocycles. The summed E-state index contributed by atoms with van der Waals surface area (Å²) in [6.07, 6.45) is 0. The first-order valence-corrected chi connectivity index (χ1v) is 6.96. The number of halogens is 1. The van der Waals surface area contributed by atoms with Gasteiger partial charge in [-0.1, -0.05) is 30.0 Å². The molecule has 1 unspecified atom stereocenters. The summed E-state index contributed by atoms with van der Waals surface area (Å²) < 4.78 is 13.7. The molecule has 1 aromatic carbocycles. The lowest BCUT2D eigenvalue weighted by Gasteiger charge is -2.11. The maximum Gasteiger partial charge on any atom is 0.271 e. The van der Waals surface area contributed by atoms with E-state index in [0.29, 0.717) is 10.6 Å². The number of benzene rings is 1. The van der Waals surface area contributed by atoms with Crippen molar-refractivity contribution in [2.24, 2.45) is 0 Å². The normalized spacial score (nSPS) is 11.9. The van der Waals surface area contributed by atoms with Gasteiger partial charge in [0.15, 0.2) is 5.69 Å². The highest BCUT2D eigenvalue weighted by molar-refractivity contribution is 7.99. The molecule has 1 amide bonds. The van der Waals surface area contributed by atoms with E-state index in [-0.39, 0.29) is 22.7 Å². The first-order chi connectivity index (χ1) is 9.61. The second kappa shape index (κ2) is 6.47. The van der Waals surface area contributed by atoms with Crippen molar-refractivity contribution in [2.45, 2.75) is 17.2 Å². The molecule has 2 aromatic rings. The fraction of sp³-hybridized carbons (Fsp3) is 0.214.